The number of nitrogens with zero attached hydrogens (tertiary/aromatic N) is 4. The van der Waals surface area contributed by atoms with Gasteiger partial charge in [0.1, 0.15) is 11.0 Å². The van der Waals surface area contributed by atoms with Crippen molar-refractivity contribution in [1.29, 1.82) is 0 Å². The molecule has 0 saturated heterocycles. The molecule has 3 heterocycles. The first-order chi connectivity index (χ1) is 18.3. The molecule has 0 atom stereocenters. The van der Waals surface area contributed by atoms with Crippen molar-refractivity contribution in [1.82, 2.24) is 19.1 Å². The number of allylic oxidation sites excluding steroid dienone is 2. The zero-order valence-electron chi connectivity index (χ0n) is 22.9. The molecule has 5 aromatic rings. The Balaban J connectivity index is 1.97. The van der Waals surface area contributed by atoms with Crippen LogP contribution in [0.4, 0.5) is 0 Å². The van der Waals surface area contributed by atoms with E-state index in [-0.39, 0.29) is 5.41 Å². The quantitative estimate of drug-likeness (QED) is 0.259. The van der Waals surface area contributed by atoms with Crippen LogP contribution in [0.25, 0.3) is 58.0 Å². The summed E-state index contributed by atoms with van der Waals surface area (Å²) in [5.41, 5.74) is 8.69. The largest absolute Gasteiger partial charge is 0.292 e. The molecule has 0 N–H and O–H groups in total. The first kappa shape index (κ1) is 25.2. The average Bonchev–Trinajstić information content (AvgIpc) is 3.38. The van der Waals surface area contributed by atoms with Crippen LogP contribution < -0.4 is 10.6 Å². The second kappa shape index (κ2) is 9.79. The van der Waals surface area contributed by atoms with Crippen molar-refractivity contribution < 1.29 is 0 Å². The van der Waals surface area contributed by atoms with E-state index in [1.165, 1.54) is 5.56 Å². The van der Waals surface area contributed by atoms with Crippen molar-refractivity contribution in [2.45, 2.75) is 40.0 Å². The molecule has 0 aliphatic heterocycles. The van der Waals surface area contributed by atoms with Gasteiger partial charge in [0.2, 0.25) is 0 Å². The number of benzene rings is 2. The van der Waals surface area contributed by atoms with Gasteiger partial charge in [0.05, 0.1) is 11.0 Å². The maximum Gasteiger partial charge on any atom is 0.166 e. The van der Waals surface area contributed by atoms with Crippen molar-refractivity contribution >= 4 is 46.6 Å². The summed E-state index contributed by atoms with van der Waals surface area (Å²) < 4.78 is 4.36. The van der Waals surface area contributed by atoms with Crippen LogP contribution in [0.5, 0.6) is 0 Å². The molecule has 0 saturated carbocycles. The summed E-state index contributed by atoms with van der Waals surface area (Å²) >= 11 is 0. The van der Waals surface area contributed by atoms with Crippen LogP contribution in [0.1, 0.15) is 51.4 Å². The highest BCUT2D eigenvalue weighted by Gasteiger charge is 2.22. The van der Waals surface area contributed by atoms with Gasteiger partial charge in [-0.3, -0.25) is 9.13 Å². The third-order valence-corrected chi connectivity index (χ3v) is 6.93. The molecule has 0 amide bonds. The van der Waals surface area contributed by atoms with E-state index in [2.05, 4.69) is 91.6 Å². The fourth-order valence-corrected chi connectivity index (χ4v) is 5.10. The molecule has 0 aliphatic rings. The molecule has 0 radical (unpaired) electrons. The Kier molecular flexibility index (Phi) is 6.50. The zero-order valence-corrected chi connectivity index (χ0v) is 22.9. The molecule has 5 rings (SSSR count). The van der Waals surface area contributed by atoms with E-state index in [1.807, 2.05) is 56.4 Å². The van der Waals surface area contributed by atoms with E-state index in [0.29, 0.717) is 0 Å². The fourth-order valence-electron chi connectivity index (χ4n) is 5.10. The van der Waals surface area contributed by atoms with Crippen molar-refractivity contribution in [3.05, 3.63) is 107 Å². The lowest BCUT2D eigenvalue weighted by atomic mass is 9.87. The first-order valence-electron chi connectivity index (χ1n) is 13.0. The highest BCUT2D eigenvalue weighted by atomic mass is 15.1. The van der Waals surface area contributed by atoms with Crippen LogP contribution >= 0.6 is 0 Å². The predicted octanol–water partition coefficient (Wildman–Crippen LogP) is 7.10. The number of hydrogen-bond donors (Lipinski definition) is 0. The summed E-state index contributed by atoms with van der Waals surface area (Å²) in [6, 6.07) is 19.0. The Labute approximate surface area is 224 Å². The molecule has 0 spiro atoms. The third-order valence-electron chi connectivity index (χ3n) is 6.93. The molecular weight excluding hydrogens is 464 g/mol. The van der Waals surface area contributed by atoms with E-state index < -0.39 is 0 Å². The number of fused-ring (bicyclic) bond motifs is 2. The van der Waals surface area contributed by atoms with E-state index >= 15 is 0 Å². The summed E-state index contributed by atoms with van der Waals surface area (Å²) in [4.78, 5) is 10.6. The van der Waals surface area contributed by atoms with Crippen LogP contribution in [0.2, 0.25) is 0 Å². The lowest BCUT2D eigenvalue weighted by Gasteiger charge is -2.19. The maximum atomic E-state index is 5.33. The van der Waals surface area contributed by atoms with Gasteiger partial charge in [-0.15, -0.1) is 0 Å². The molecule has 4 nitrogen and oxygen atoms in total. The van der Waals surface area contributed by atoms with Gasteiger partial charge in [0, 0.05) is 22.2 Å². The van der Waals surface area contributed by atoms with Gasteiger partial charge in [-0.2, -0.15) is 0 Å². The third kappa shape index (κ3) is 4.03. The monoisotopic (exact) mass is 498 g/mol. The molecule has 38 heavy (non-hydrogen) atoms. The number of rotatable bonds is 5. The van der Waals surface area contributed by atoms with E-state index in [9.17, 15) is 0 Å². The van der Waals surface area contributed by atoms with Gasteiger partial charge in [-0.1, -0.05) is 88.6 Å². The Morgan fingerprint density at radius 3 is 2.03 bits per heavy atom. The molecule has 0 unspecified atom stereocenters. The highest BCUT2D eigenvalue weighted by Crippen LogP contribution is 2.32. The van der Waals surface area contributed by atoms with Gasteiger partial charge in [-0.05, 0) is 61.2 Å². The van der Waals surface area contributed by atoms with Crippen LogP contribution in [-0.2, 0) is 5.41 Å². The summed E-state index contributed by atoms with van der Waals surface area (Å²) in [6.07, 6.45) is 12.0. The molecule has 190 valence electrons. The molecule has 2 aromatic carbocycles. The average molecular weight is 499 g/mol. The fraction of sp³-hybridized carbons (Fsp3) is 0.176. The molecular formula is C34H34N4. The topological polar surface area (TPSA) is 35.6 Å². The van der Waals surface area contributed by atoms with Crippen LogP contribution in [0.3, 0.4) is 0 Å². The molecule has 3 aromatic heterocycles. The second-order valence-corrected chi connectivity index (χ2v) is 10.4. The molecule has 0 fully saturated rings. The highest BCUT2D eigenvalue weighted by molar-refractivity contribution is 5.95. The van der Waals surface area contributed by atoms with Crippen LogP contribution in [0.15, 0.2) is 79.9 Å². The van der Waals surface area contributed by atoms with Crippen molar-refractivity contribution in [2.75, 3.05) is 0 Å². The normalized spacial score (nSPS) is 13.3. The van der Waals surface area contributed by atoms with E-state index in [1.54, 1.807) is 0 Å². The number of hydrogen-bond acceptors (Lipinski definition) is 2. The smallest absolute Gasteiger partial charge is 0.166 e. The summed E-state index contributed by atoms with van der Waals surface area (Å²) in [5.74, 6) is 0. The molecule has 4 heteroatoms. The van der Waals surface area contributed by atoms with Gasteiger partial charge in [-0.25, -0.2) is 9.97 Å². The second-order valence-electron chi connectivity index (χ2n) is 10.4. The Morgan fingerprint density at radius 2 is 1.45 bits per heavy atom. The summed E-state index contributed by atoms with van der Waals surface area (Å²) in [5, 5.41) is 2.04. The summed E-state index contributed by atoms with van der Waals surface area (Å²) in [6.45, 7) is 18.9. The first-order valence-corrected chi connectivity index (χ1v) is 13.0. The molecule has 0 aliphatic carbocycles. The van der Waals surface area contributed by atoms with Gasteiger partial charge < -0.3 is 0 Å². The van der Waals surface area contributed by atoms with Crippen molar-refractivity contribution in [3.63, 3.8) is 0 Å². The van der Waals surface area contributed by atoms with Gasteiger partial charge in [0.15, 0.2) is 11.3 Å². The lowest BCUT2D eigenvalue weighted by Crippen LogP contribution is -2.28. The number of para-hydroxylation sites is 1. The minimum atomic E-state index is 0.0727. The minimum Gasteiger partial charge on any atom is -0.292 e. The van der Waals surface area contributed by atoms with Gasteiger partial charge in [0.25, 0.3) is 0 Å². The molecule has 0 bridgehead atoms. The van der Waals surface area contributed by atoms with Crippen LogP contribution in [0, 0.1) is 0 Å². The SMILES string of the molecule is C=C/C=c1\c(=C/C)c2nc3c(C=C)c(/C=C\C)n(-c4ccc(C(C)(C)C)cc4)c3nc2n1-c1ccccc1. The Bertz CT molecular complexity index is 1820. The predicted molar refractivity (Wildman–Crippen MR) is 163 cm³/mol. The maximum absolute atomic E-state index is 5.33. The van der Waals surface area contributed by atoms with E-state index in [4.69, 9.17) is 9.97 Å². The number of aromatic nitrogens is 4. The standard InChI is InChI=1S/C34H34N4/c1-8-15-28-26(10-3)30-32(37(28)24-17-13-12-14-18-24)36-33-31(35-30)27(11-4)29(16-9-2)38(33)25-21-19-23(20-22-25)34(5,6)7/h8-22H,1,4H2,2-3,5-7H3/b16-9-,26-10+,28-15+. The lowest BCUT2D eigenvalue weighted by molar-refractivity contribution is 0.590. The van der Waals surface area contributed by atoms with Crippen molar-refractivity contribution in [3.8, 4) is 11.4 Å². The van der Waals surface area contributed by atoms with E-state index in [0.717, 1.165) is 55.5 Å². The van der Waals surface area contributed by atoms with Crippen molar-refractivity contribution in [2.24, 2.45) is 0 Å². The van der Waals surface area contributed by atoms with Crippen LogP contribution in [-0.4, -0.2) is 19.1 Å². The van der Waals surface area contributed by atoms with Gasteiger partial charge >= 0.3 is 0 Å². The Morgan fingerprint density at radius 1 is 0.789 bits per heavy atom. The zero-order chi connectivity index (χ0) is 27.0. The minimum absolute atomic E-state index is 0.0727. The Hall–Kier alpha value is -4.44. The summed E-state index contributed by atoms with van der Waals surface area (Å²) in [7, 11) is 0.